The molecule has 0 saturated carbocycles. The zero-order valence-corrected chi connectivity index (χ0v) is 15.0. The van der Waals surface area contributed by atoms with Gasteiger partial charge >= 0.3 is 5.69 Å². The van der Waals surface area contributed by atoms with E-state index in [0.717, 1.165) is 27.0 Å². The number of aromatic nitrogens is 3. The Labute approximate surface area is 152 Å². The molecule has 0 fully saturated rings. The highest BCUT2D eigenvalue weighted by Gasteiger charge is 2.14. The minimum atomic E-state index is -0.297. The number of amides is 1. The van der Waals surface area contributed by atoms with Gasteiger partial charge in [-0.1, -0.05) is 23.5 Å². The molecule has 4 rings (SSSR count). The van der Waals surface area contributed by atoms with Crippen molar-refractivity contribution >= 4 is 43.6 Å². The molecule has 0 saturated heterocycles. The van der Waals surface area contributed by atoms with Crippen LogP contribution in [0.2, 0.25) is 0 Å². The summed E-state index contributed by atoms with van der Waals surface area (Å²) in [6.45, 7) is -0.0700. The molecule has 4 aromatic rings. The van der Waals surface area contributed by atoms with Crippen LogP contribution in [0.3, 0.4) is 0 Å². The molecule has 0 bridgehead atoms. The van der Waals surface area contributed by atoms with Crippen LogP contribution in [0, 0.1) is 0 Å². The number of hydrogen-bond donors (Lipinski definition) is 1. The molecule has 1 amide bonds. The number of ether oxygens (including phenoxy) is 1. The fourth-order valence-electron chi connectivity index (χ4n) is 2.90. The van der Waals surface area contributed by atoms with Gasteiger partial charge in [-0.05, 0) is 30.3 Å². The average Bonchev–Trinajstić information content (AvgIpc) is 3.15. The normalized spacial score (nSPS) is 11.2. The van der Waals surface area contributed by atoms with E-state index < -0.39 is 0 Å². The fourth-order valence-corrected chi connectivity index (χ4v) is 3.81. The SMILES string of the molecule is COc1ccc2nc(NC(=O)Cn3c(=O)n(C)c4ccccc43)sc2c1. The van der Waals surface area contributed by atoms with E-state index in [1.807, 2.05) is 42.5 Å². The van der Waals surface area contributed by atoms with Crippen molar-refractivity contribution in [3.8, 4) is 5.75 Å². The van der Waals surface area contributed by atoms with Crippen molar-refractivity contribution in [1.82, 2.24) is 14.1 Å². The van der Waals surface area contributed by atoms with Gasteiger partial charge < -0.3 is 10.1 Å². The van der Waals surface area contributed by atoms with Crippen molar-refractivity contribution in [2.24, 2.45) is 7.05 Å². The van der Waals surface area contributed by atoms with Crippen molar-refractivity contribution in [3.63, 3.8) is 0 Å². The minimum Gasteiger partial charge on any atom is -0.497 e. The predicted octanol–water partition coefficient (Wildman–Crippen LogP) is 2.60. The lowest BCUT2D eigenvalue weighted by Gasteiger charge is -2.03. The van der Waals surface area contributed by atoms with Gasteiger partial charge in [0.25, 0.3) is 0 Å². The molecule has 0 spiro atoms. The number of carbonyl (C=O) groups is 1. The third kappa shape index (κ3) is 2.74. The summed E-state index contributed by atoms with van der Waals surface area (Å²) in [6, 6.07) is 12.9. The second-order valence-electron chi connectivity index (χ2n) is 5.82. The van der Waals surface area contributed by atoms with Gasteiger partial charge in [-0.15, -0.1) is 0 Å². The summed E-state index contributed by atoms with van der Waals surface area (Å²) in [6.07, 6.45) is 0. The average molecular weight is 368 g/mol. The molecule has 0 unspecified atom stereocenters. The summed E-state index contributed by atoms with van der Waals surface area (Å²) in [5, 5.41) is 3.27. The van der Waals surface area contributed by atoms with Crippen LogP contribution in [0.5, 0.6) is 5.75 Å². The molecular formula is C18H16N4O3S. The third-order valence-electron chi connectivity index (χ3n) is 4.20. The Bertz CT molecular complexity index is 1190. The van der Waals surface area contributed by atoms with E-state index >= 15 is 0 Å². The highest BCUT2D eigenvalue weighted by molar-refractivity contribution is 7.22. The molecular weight excluding hydrogens is 352 g/mol. The maximum absolute atomic E-state index is 12.4. The molecule has 2 aromatic carbocycles. The highest BCUT2D eigenvalue weighted by Crippen LogP contribution is 2.29. The zero-order chi connectivity index (χ0) is 18.3. The Kier molecular flexibility index (Phi) is 3.96. The van der Waals surface area contributed by atoms with Crippen LogP contribution in [0.15, 0.2) is 47.3 Å². The van der Waals surface area contributed by atoms with Gasteiger partial charge in [0.2, 0.25) is 5.91 Å². The van der Waals surface area contributed by atoms with Crippen molar-refractivity contribution < 1.29 is 9.53 Å². The molecule has 0 aliphatic rings. The van der Waals surface area contributed by atoms with E-state index in [1.165, 1.54) is 20.5 Å². The molecule has 8 heteroatoms. The number of hydrogen-bond acceptors (Lipinski definition) is 5. The first kappa shape index (κ1) is 16.3. The summed E-state index contributed by atoms with van der Waals surface area (Å²) in [7, 11) is 3.30. The number of anilines is 1. The summed E-state index contributed by atoms with van der Waals surface area (Å²) in [4.78, 5) is 29.3. The summed E-state index contributed by atoms with van der Waals surface area (Å²) < 4.78 is 9.11. The minimum absolute atomic E-state index is 0.0700. The van der Waals surface area contributed by atoms with Crippen molar-refractivity contribution in [1.29, 1.82) is 0 Å². The maximum Gasteiger partial charge on any atom is 0.329 e. The van der Waals surface area contributed by atoms with E-state index in [9.17, 15) is 9.59 Å². The number of nitrogens with one attached hydrogen (secondary N) is 1. The molecule has 26 heavy (non-hydrogen) atoms. The Hall–Kier alpha value is -3.13. The van der Waals surface area contributed by atoms with Gasteiger partial charge in [0.05, 0.1) is 28.4 Å². The van der Waals surface area contributed by atoms with Gasteiger partial charge in [-0.25, -0.2) is 9.78 Å². The van der Waals surface area contributed by atoms with Crippen molar-refractivity contribution in [2.45, 2.75) is 6.54 Å². The predicted molar refractivity (Wildman–Crippen MR) is 102 cm³/mol. The molecule has 2 aromatic heterocycles. The Balaban J connectivity index is 1.60. The van der Waals surface area contributed by atoms with Crippen molar-refractivity contribution in [2.75, 3.05) is 12.4 Å². The summed E-state index contributed by atoms with van der Waals surface area (Å²) in [5.74, 6) is 0.441. The van der Waals surface area contributed by atoms with Crippen LogP contribution in [-0.2, 0) is 18.4 Å². The van der Waals surface area contributed by atoms with E-state index in [0.29, 0.717) is 5.13 Å². The number of thiazole rings is 1. The monoisotopic (exact) mass is 368 g/mol. The van der Waals surface area contributed by atoms with Crippen LogP contribution in [0.25, 0.3) is 21.3 Å². The fraction of sp³-hybridized carbons (Fsp3) is 0.167. The lowest BCUT2D eigenvalue weighted by molar-refractivity contribution is -0.116. The largest absolute Gasteiger partial charge is 0.497 e. The summed E-state index contributed by atoms with van der Waals surface area (Å²) >= 11 is 1.36. The molecule has 0 aliphatic carbocycles. The molecule has 0 radical (unpaired) electrons. The molecule has 132 valence electrons. The van der Waals surface area contributed by atoms with E-state index in [1.54, 1.807) is 14.2 Å². The molecule has 7 nitrogen and oxygen atoms in total. The number of fused-ring (bicyclic) bond motifs is 2. The van der Waals surface area contributed by atoms with Crippen LogP contribution in [-0.4, -0.2) is 27.1 Å². The smallest absolute Gasteiger partial charge is 0.329 e. The Morgan fingerprint density at radius 2 is 2.00 bits per heavy atom. The second-order valence-corrected chi connectivity index (χ2v) is 6.85. The van der Waals surface area contributed by atoms with E-state index in [4.69, 9.17) is 4.74 Å². The number of para-hydroxylation sites is 2. The topological polar surface area (TPSA) is 78.2 Å². The maximum atomic E-state index is 12.4. The lowest BCUT2D eigenvalue weighted by Crippen LogP contribution is -2.28. The van der Waals surface area contributed by atoms with Crippen LogP contribution < -0.4 is 15.7 Å². The number of imidazole rings is 1. The first-order chi connectivity index (χ1) is 12.6. The van der Waals surface area contributed by atoms with E-state index in [-0.39, 0.29) is 18.1 Å². The number of nitrogens with zero attached hydrogens (tertiary/aromatic N) is 3. The van der Waals surface area contributed by atoms with Gasteiger partial charge in [0.15, 0.2) is 5.13 Å². The molecule has 1 N–H and O–H groups in total. The van der Waals surface area contributed by atoms with Crippen LogP contribution in [0.4, 0.5) is 5.13 Å². The third-order valence-corrected chi connectivity index (χ3v) is 5.13. The quantitative estimate of drug-likeness (QED) is 0.601. The Morgan fingerprint density at radius 1 is 1.23 bits per heavy atom. The zero-order valence-electron chi connectivity index (χ0n) is 14.2. The molecule has 0 aliphatic heterocycles. The number of carbonyl (C=O) groups excluding carboxylic acids is 1. The number of methoxy groups -OCH3 is 1. The van der Waals surface area contributed by atoms with Gasteiger partial charge in [-0.3, -0.25) is 13.9 Å². The van der Waals surface area contributed by atoms with Crippen molar-refractivity contribution in [3.05, 3.63) is 52.9 Å². The standard InChI is InChI=1S/C18H16N4O3S/c1-21-13-5-3-4-6-14(13)22(18(21)24)10-16(23)20-17-19-12-8-7-11(25-2)9-15(12)26-17/h3-9H,10H2,1-2H3,(H,19,20,23). The lowest BCUT2D eigenvalue weighted by atomic mass is 10.3. The van der Waals surface area contributed by atoms with Gasteiger partial charge in [0.1, 0.15) is 12.3 Å². The highest BCUT2D eigenvalue weighted by atomic mass is 32.1. The number of benzene rings is 2. The van der Waals surface area contributed by atoms with Crippen LogP contribution in [0.1, 0.15) is 0 Å². The molecule has 2 heterocycles. The Morgan fingerprint density at radius 3 is 2.77 bits per heavy atom. The summed E-state index contributed by atoms with van der Waals surface area (Å²) in [5.41, 5.74) is 2.07. The first-order valence-electron chi connectivity index (χ1n) is 7.95. The van der Waals surface area contributed by atoms with Gasteiger partial charge in [0, 0.05) is 7.05 Å². The van der Waals surface area contributed by atoms with Gasteiger partial charge in [-0.2, -0.15) is 0 Å². The van der Waals surface area contributed by atoms with E-state index in [2.05, 4.69) is 10.3 Å². The number of rotatable bonds is 4. The number of aryl methyl sites for hydroxylation is 1. The first-order valence-corrected chi connectivity index (χ1v) is 8.77. The molecule has 0 atom stereocenters. The second kappa shape index (κ2) is 6.30. The van der Waals surface area contributed by atoms with Crippen LogP contribution >= 0.6 is 11.3 Å².